The van der Waals surface area contributed by atoms with Crippen molar-refractivity contribution in [1.29, 1.82) is 5.26 Å². The predicted octanol–water partition coefficient (Wildman–Crippen LogP) is 2.32. The number of nitrogens with one attached hydrogen (secondary N) is 2. The predicted molar refractivity (Wildman–Crippen MR) is 95.1 cm³/mol. The van der Waals surface area contributed by atoms with Gasteiger partial charge in [0.25, 0.3) is 0 Å². The van der Waals surface area contributed by atoms with Gasteiger partial charge in [-0.1, -0.05) is 0 Å². The molecule has 0 bridgehead atoms. The first kappa shape index (κ1) is 20.3. The van der Waals surface area contributed by atoms with Gasteiger partial charge in [0.05, 0.1) is 12.6 Å². The number of halogens is 3. The van der Waals surface area contributed by atoms with Gasteiger partial charge in [-0.3, -0.25) is 4.79 Å². The standard InChI is InChI=1S/C18H23F3N6O/c19-18(20,21)15-7-8-23-17(26-15)25-13-5-3-12(4-6-13)24-11-16(28)27-9-1-2-14(27)10-22/h7-8,12-14,24H,1-6,9,11H2,(H,23,25,26)/t12?,13?,14-/m0/s1. The van der Waals surface area contributed by atoms with Crippen LogP contribution in [0.15, 0.2) is 12.3 Å². The van der Waals surface area contributed by atoms with Crippen molar-refractivity contribution in [2.75, 3.05) is 18.4 Å². The molecule has 0 unspecified atom stereocenters. The van der Waals surface area contributed by atoms with Crippen LogP contribution in [0.3, 0.4) is 0 Å². The molecule has 2 N–H and O–H groups in total. The smallest absolute Gasteiger partial charge is 0.351 e. The zero-order valence-corrected chi connectivity index (χ0v) is 15.4. The molecule has 10 heteroatoms. The Morgan fingerprint density at radius 3 is 2.64 bits per heavy atom. The molecule has 2 heterocycles. The van der Waals surface area contributed by atoms with E-state index in [0.29, 0.717) is 6.54 Å². The van der Waals surface area contributed by atoms with Crippen molar-refractivity contribution in [1.82, 2.24) is 20.2 Å². The molecule has 3 rings (SSSR count). The lowest BCUT2D eigenvalue weighted by Crippen LogP contribution is -2.45. The van der Waals surface area contributed by atoms with Gasteiger partial charge in [0.1, 0.15) is 11.7 Å². The molecule has 2 fully saturated rings. The molecule has 1 aliphatic carbocycles. The van der Waals surface area contributed by atoms with Crippen molar-refractivity contribution >= 4 is 11.9 Å². The van der Waals surface area contributed by atoms with E-state index in [9.17, 15) is 18.0 Å². The highest BCUT2D eigenvalue weighted by atomic mass is 19.4. The summed E-state index contributed by atoms with van der Waals surface area (Å²) in [5, 5.41) is 15.3. The van der Waals surface area contributed by atoms with Crippen LogP contribution in [0.4, 0.5) is 19.1 Å². The van der Waals surface area contributed by atoms with Gasteiger partial charge in [-0.2, -0.15) is 18.4 Å². The van der Waals surface area contributed by atoms with Gasteiger partial charge in [0.2, 0.25) is 11.9 Å². The number of hydrogen-bond acceptors (Lipinski definition) is 6. The molecule has 2 aliphatic rings. The molecule has 1 saturated heterocycles. The molecular formula is C18H23F3N6O. The largest absolute Gasteiger partial charge is 0.433 e. The first-order valence-corrected chi connectivity index (χ1v) is 9.46. The monoisotopic (exact) mass is 396 g/mol. The number of likely N-dealkylation sites (tertiary alicyclic amines) is 1. The van der Waals surface area contributed by atoms with Crippen molar-refractivity contribution in [3.8, 4) is 6.07 Å². The average molecular weight is 396 g/mol. The Labute approximate surface area is 161 Å². The van der Waals surface area contributed by atoms with Crippen molar-refractivity contribution in [3.05, 3.63) is 18.0 Å². The number of carbonyl (C=O) groups is 1. The quantitative estimate of drug-likeness (QED) is 0.793. The number of nitrogens with zero attached hydrogens (tertiary/aromatic N) is 4. The molecule has 1 saturated carbocycles. The molecule has 0 spiro atoms. The third kappa shape index (κ3) is 5.10. The van der Waals surface area contributed by atoms with E-state index in [1.54, 1.807) is 4.90 Å². The molecule has 28 heavy (non-hydrogen) atoms. The van der Waals surface area contributed by atoms with Crippen LogP contribution in [0.25, 0.3) is 0 Å². The lowest BCUT2D eigenvalue weighted by atomic mass is 9.91. The second kappa shape index (κ2) is 8.73. The Bertz CT molecular complexity index is 727. The van der Waals surface area contributed by atoms with E-state index in [2.05, 4.69) is 26.7 Å². The highest BCUT2D eigenvalue weighted by molar-refractivity contribution is 5.79. The van der Waals surface area contributed by atoms with Gasteiger partial charge in [0.15, 0.2) is 0 Å². The highest BCUT2D eigenvalue weighted by Gasteiger charge is 2.33. The Hall–Kier alpha value is -2.41. The highest BCUT2D eigenvalue weighted by Crippen LogP contribution is 2.28. The minimum atomic E-state index is -4.49. The second-order valence-corrected chi connectivity index (χ2v) is 7.21. The van der Waals surface area contributed by atoms with E-state index in [1.165, 1.54) is 0 Å². The minimum absolute atomic E-state index is 0.00112. The fourth-order valence-electron chi connectivity index (χ4n) is 3.74. The Balaban J connectivity index is 1.42. The van der Waals surface area contributed by atoms with Crippen molar-refractivity contribution in [2.24, 2.45) is 0 Å². The van der Waals surface area contributed by atoms with Crippen molar-refractivity contribution in [2.45, 2.75) is 62.8 Å². The van der Waals surface area contributed by atoms with Gasteiger partial charge < -0.3 is 15.5 Å². The van der Waals surface area contributed by atoms with Gasteiger partial charge in [0, 0.05) is 24.8 Å². The molecule has 1 aliphatic heterocycles. The third-order valence-electron chi connectivity index (χ3n) is 5.27. The van der Waals surface area contributed by atoms with Gasteiger partial charge >= 0.3 is 6.18 Å². The van der Waals surface area contributed by atoms with Crippen molar-refractivity contribution < 1.29 is 18.0 Å². The fourth-order valence-corrected chi connectivity index (χ4v) is 3.74. The number of hydrogen-bond donors (Lipinski definition) is 2. The Morgan fingerprint density at radius 2 is 1.96 bits per heavy atom. The molecule has 0 radical (unpaired) electrons. The maximum atomic E-state index is 12.7. The summed E-state index contributed by atoms with van der Waals surface area (Å²) >= 11 is 0. The third-order valence-corrected chi connectivity index (χ3v) is 5.27. The summed E-state index contributed by atoms with van der Waals surface area (Å²) in [6.45, 7) is 0.837. The van der Waals surface area contributed by atoms with E-state index in [4.69, 9.17) is 5.26 Å². The maximum Gasteiger partial charge on any atom is 0.433 e. The van der Waals surface area contributed by atoms with E-state index < -0.39 is 11.9 Å². The first-order valence-electron chi connectivity index (χ1n) is 9.46. The summed E-state index contributed by atoms with van der Waals surface area (Å²) in [6.07, 6.45) is 1.29. The van der Waals surface area contributed by atoms with E-state index >= 15 is 0 Å². The average Bonchev–Trinajstić information content (AvgIpc) is 3.16. The molecule has 0 aromatic carbocycles. The van der Waals surface area contributed by atoms with E-state index in [-0.39, 0.29) is 36.5 Å². The van der Waals surface area contributed by atoms with Crippen molar-refractivity contribution in [3.63, 3.8) is 0 Å². The normalized spacial score (nSPS) is 25.4. The van der Waals surface area contributed by atoms with Gasteiger partial charge in [-0.05, 0) is 44.6 Å². The van der Waals surface area contributed by atoms with Gasteiger partial charge in [-0.15, -0.1) is 0 Å². The summed E-state index contributed by atoms with van der Waals surface area (Å²) in [5.41, 5.74) is -0.962. The summed E-state index contributed by atoms with van der Waals surface area (Å²) in [5.74, 6) is -0.0698. The van der Waals surface area contributed by atoms with E-state index in [0.717, 1.165) is 50.8 Å². The Morgan fingerprint density at radius 1 is 1.25 bits per heavy atom. The fraction of sp³-hybridized carbons (Fsp3) is 0.667. The first-order chi connectivity index (χ1) is 13.4. The number of aromatic nitrogens is 2. The maximum absolute atomic E-state index is 12.7. The number of alkyl halides is 3. The van der Waals surface area contributed by atoms with Crippen LogP contribution in [0, 0.1) is 11.3 Å². The summed E-state index contributed by atoms with van der Waals surface area (Å²) in [6, 6.07) is 2.86. The summed E-state index contributed by atoms with van der Waals surface area (Å²) < 4.78 is 38.2. The van der Waals surface area contributed by atoms with Crippen LogP contribution >= 0.6 is 0 Å². The molecule has 152 valence electrons. The molecule has 1 aromatic heterocycles. The lowest BCUT2D eigenvalue weighted by molar-refractivity contribution is -0.141. The lowest BCUT2D eigenvalue weighted by Gasteiger charge is -2.30. The molecule has 1 atom stereocenters. The number of carbonyl (C=O) groups excluding carboxylic acids is 1. The molecule has 7 nitrogen and oxygen atoms in total. The number of nitriles is 1. The number of anilines is 1. The minimum Gasteiger partial charge on any atom is -0.351 e. The summed E-state index contributed by atoms with van der Waals surface area (Å²) in [4.78, 5) is 21.3. The van der Waals surface area contributed by atoms with Gasteiger partial charge in [-0.25, -0.2) is 9.97 Å². The zero-order chi connectivity index (χ0) is 20.1. The van der Waals surface area contributed by atoms with Crippen LogP contribution in [0.5, 0.6) is 0 Å². The summed E-state index contributed by atoms with van der Waals surface area (Å²) in [7, 11) is 0. The van der Waals surface area contributed by atoms with Crippen LogP contribution in [0.1, 0.15) is 44.2 Å². The molecular weight excluding hydrogens is 373 g/mol. The number of amides is 1. The number of rotatable bonds is 5. The Kier molecular flexibility index (Phi) is 6.34. The molecule has 1 amide bonds. The van der Waals surface area contributed by atoms with E-state index in [1.807, 2.05) is 0 Å². The topological polar surface area (TPSA) is 93.9 Å². The van der Waals surface area contributed by atoms with Crippen LogP contribution in [-0.2, 0) is 11.0 Å². The van der Waals surface area contributed by atoms with Crippen LogP contribution in [0.2, 0.25) is 0 Å². The zero-order valence-electron chi connectivity index (χ0n) is 15.4. The van der Waals surface area contributed by atoms with Crippen LogP contribution in [-0.4, -0.2) is 52.0 Å². The second-order valence-electron chi connectivity index (χ2n) is 7.21. The van der Waals surface area contributed by atoms with Crippen LogP contribution < -0.4 is 10.6 Å². The molecule has 1 aromatic rings. The SMILES string of the molecule is N#C[C@@H]1CCCN1C(=O)CNC1CCC(Nc2nccc(C(F)(F)F)n2)CC1.